The number of nitrogens with zero attached hydrogens (tertiary/aromatic N) is 5. The maximum absolute atomic E-state index is 9.27. The van der Waals surface area contributed by atoms with Crippen LogP contribution in [0.1, 0.15) is 45.6 Å². The molecule has 0 N–H and O–H groups in total. The van der Waals surface area contributed by atoms with E-state index in [1.807, 2.05) is 96.9 Å². The number of rotatable bonds is 7. The number of hydrogen-bond acceptors (Lipinski definition) is 3. The van der Waals surface area contributed by atoms with Gasteiger partial charge in [-0.2, -0.15) is 0 Å². The van der Waals surface area contributed by atoms with Gasteiger partial charge in [0.2, 0.25) is 0 Å². The zero-order chi connectivity index (χ0) is 60.5. The number of fused-ring (bicyclic) bond motifs is 12. The van der Waals surface area contributed by atoms with Gasteiger partial charge in [0.1, 0.15) is 23.7 Å². The SMILES string of the molecule is [2H]c1c([2H])c([2H])c(-c2cccc(-c3c([2H])c([2H])c([2H])c([2H])c3[2H])c2N=CN2c3cc(Oc4ccc5c6ccccc6n(-c6cc(C(C)(C)C)ccn6)c5c4)ccc3-c3ccccc3-c3cccc4c5ccccc5n(c34)-c3cccc(C)c32)c([2H])c1[2H]. The van der Waals surface area contributed by atoms with Crippen LogP contribution in [0.3, 0.4) is 0 Å². The van der Waals surface area contributed by atoms with E-state index in [1.165, 1.54) is 0 Å². The number of anilines is 2. The zero-order valence-corrected chi connectivity index (χ0v) is 42.5. The number of benzene rings is 10. The third-order valence-corrected chi connectivity index (χ3v) is 14.7. The molecule has 6 heteroatoms. The average Bonchev–Trinajstić information content (AvgIpc) is 2.60. The van der Waals surface area contributed by atoms with Crippen LogP contribution in [-0.4, -0.2) is 20.5 Å². The number of aryl methyl sites for hydroxylation is 1. The molecule has 6 nitrogen and oxygen atoms in total. The Morgan fingerprint density at radius 2 is 1.06 bits per heavy atom. The lowest BCUT2D eigenvalue weighted by atomic mass is 9.88. The summed E-state index contributed by atoms with van der Waals surface area (Å²) in [4.78, 5) is 12.3. The summed E-state index contributed by atoms with van der Waals surface area (Å²) < 4.78 is 101. The van der Waals surface area contributed by atoms with Crippen LogP contribution in [0.5, 0.6) is 11.5 Å². The highest BCUT2D eigenvalue weighted by Crippen LogP contribution is 2.50. The van der Waals surface area contributed by atoms with Crippen molar-refractivity contribution in [1.29, 1.82) is 0 Å². The van der Waals surface area contributed by atoms with Crippen LogP contribution < -0.4 is 9.64 Å². The van der Waals surface area contributed by atoms with Gasteiger partial charge in [-0.3, -0.25) is 9.47 Å². The topological polar surface area (TPSA) is 47.6 Å². The van der Waals surface area contributed by atoms with Gasteiger partial charge in [-0.05, 0) is 100 Å². The van der Waals surface area contributed by atoms with Crippen LogP contribution >= 0.6 is 0 Å². The molecule has 1 aliphatic heterocycles. The van der Waals surface area contributed by atoms with E-state index in [4.69, 9.17) is 22.9 Å². The first-order chi connectivity index (χ1) is 41.9. The van der Waals surface area contributed by atoms with Crippen molar-refractivity contribution in [3.63, 3.8) is 0 Å². The highest BCUT2D eigenvalue weighted by atomic mass is 16.5. The molecule has 10 aromatic carbocycles. The largest absolute Gasteiger partial charge is 0.457 e. The van der Waals surface area contributed by atoms with E-state index in [0.29, 0.717) is 22.9 Å². The zero-order valence-electron chi connectivity index (χ0n) is 52.5. The summed E-state index contributed by atoms with van der Waals surface area (Å²) in [5.74, 6) is 1.81. The Morgan fingerprint density at radius 1 is 0.494 bits per heavy atom. The Morgan fingerprint density at radius 3 is 1.79 bits per heavy atom. The van der Waals surface area contributed by atoms with Crippen LogP contribution in [0.2, 0.25) is 0 Å². The van der Waals surface area contributed by atoms with Crippen molar-refractivity contribution in [2.75, 3.05) is 4.90 Å². The van der Waals surface area contributed by atoms with Crippen molar-refractivity contribution < 1.29 is 18.4 Å². The minimum absolute atomic E-state index is 0.0125. The first-order valence-electron chi connectivity index (χ1n) is 30.6. The van der Waals surface area contributed by atoms with Gasteiger partial charge in [0.25, 0.3) is 0 Å². The minimum Gasteiger partial charge on any atom is -0.457 e. The third-order valence-electron chi connectivity index (χ3n) is 14.7. The molecular formula is C71H53N5O. The standard InChI is InChI=1S/C71H53N5O/c1-46-20-17-35-64-69(46)74(45-73-68-52(47-21-7-5-8-22-47)29-18-30-53(68)48-23-9-6-10-24-48)65-43-50(36-38-58(65)54-25-11-12-26-55(54)60-31-19-32-61-57-28-14-16-34-63(57)76(64)70(60)61)77-51-37-39-59-56-27-13-15-33-62(56)75(66(59)44-51)67-42-49(40-41-72-67)71(2,3)4/h5-45H,1-4H3/i5D,6D,7D,8D,9D,10D,21D,22D,23D,24D. The quantitative estimate of drug-likeness (QED) is 0.118. The molecule has 0 saturated carbocycles. The lowest BCUT2D eigenvalue weighted by Gasteiger charge is -2.30. The van der Waals surface area contributed by atoms with Gasteiger partial charge >= 0.3 is 0 Å². The van der Waals surface area contributed by atoms with E-state index >= 15 is 0 Å². The molecule has 1 aliphatic rings. The molecular weight excluding hydrogens is 939 g/mol. The Bertz CT molecular complexity index is 4970. The summed E-state index contributed by atoms with van der Waals surface area (Å²) in [6, 6.07) is 52.8. The van der Waals surface area contributed by atoms with Crippen LogP contribution in [0.15, 0.2) is 248 Å². The van der Waals surface area contributed by atoms with Gasteiger partial charge in [0.05, 0.1) is 58.5 Å². The number of para-hydroxylation sites is 5. The first kappa shape index (κ1) is 36.2. The highest BCUT2D eigenvalue weighted by Gasteiger charge is 2.28. The maximum Gasteiger partial charge on any atom is 0.137 e. The number of aliphatic imine (C=N–C) groups is 1. The summed E-state index contributed by atoms with van der Waals surface area (Å²) in [5.41, 5.74) is 11.1. The van der Waals surface area contributed by atoms with Crippen molar-refractivity contribution in [1.82, 2.24) is 14.1 Å². The lowest BCUT2D eigenvalue weighted by Crippen LogP contribution is -2.20. The summed E-state index contributed by atoms with van der Waals surface area (Å²) in [7, 11) is 0. The second-order valence-electron chi connectivity index (χ2n) is 20.3. The van der Waals surface area contributed by atoms with Crippen molar-refractivity contribution in [2.45, 2.75) is 33.1 Å². The predicted molar refractivity (Wildman–Crippen MR) is 321 cm³/mol. The van der Waals surface area contributed by atoms with E-state index in [-0.39, 0.29) is 33.4 Å². The van der Waals surface area contributed by atoms with Crippen LogP contribution in [0.4, 0.5) is 17.1 Å². The van der Waals surface area contributed by atoms with Gasteiger partial charge in [-0.25, -0.2) is 9.98 Å². The summed E-state index contributed by atoms with van der Waals surface area (Å²) in [6.07, 6.45) is 3.47. The smallest absolute Gasteiger partial charge is 0.137 e. The molecule has 0 spiro atoms. The average molecular weight is 1000 g/mol. The fraction of sp³-hybridized carbons (Fsp3) is 0.0704. The molecule has 0 aliphatic carbocycles. The van der Waals surface area contributed by atoms with Gasteiger partial charge < -0.3 is 9.30 Å². The maximum atomic E-state index is 9.27. The number of pyridine rings is 1. The molecule has 0 radical (unpaired) electrons. The Hall–Kier alpha value is -9.78. The number of aromatic nitrogens is 3. The normalized spacial score (nSPS) is 14.2. The number of ether oxygens (including phenoxy) is 1. The Kier molecular flexibility index (Phi) is 8.59. The minimum atomic E-state index is -0.589. The van der Waals surface area contributed by atoms with Crippen LogP contribution in [-0.2, 0) is 5.41 Å². The third kappa shape index (κ3) is 7.71. The van der Waals surface area contributed by atoms with Crippen molar-refractivity contribution in [2.24, 2.45) is 4.99 Å². The molecule has 368 valence electrons. The van der Waals surface area contributed by atoms with Crippen molar-refractivity contribution in [3.8, 4) is 67.5 Å². The molecule has 14 rings (SSSR count). The molecule has 77 heavy (non-hydrogen) atoms. The second-order valence-corrected chi connectivity index (χ2v) is 20.3. The Balaban J connectivity index is 1.06. The molecule has 4 heterocycles. The van der Waals surface area contributed by atoms with Crippen LogP contribution in [0.25, 0.3) is 99.6 Å². The number of hydrogen-bond donors (Lipinski definition) is 0. The van der Waals surface area contributed by atoms with Gasteiger partial charge in [0.15, 0.2) is 0 Å². The lowest BCUT2D eigenvalue weighted by molar-refractivity contribution is 0.483. The molecule has 13 aromatic rings. The molecule has 3 aromatic heterocycles. The van der Waals surface area contributed by atoms with Crippen molar-refractivity contribution in [3.05, 3.63) is 254 Å². The van der Waals surface area contributed by atoms with E-state index < -0.39 is 60.4 Å². The van der Waals surface area contributed by atoms with Crippen molar-refractivity contribution >= 4 is 67.0 Å². The van der Waals surface area contributed by atoms with E-state index in [9.17, 15) is 5.48 Å². The predicted octanol–water partition coefficient (Wildman–Crippen LogP) is 19.2. The van der Waals surface area contributed by atoms with Gasteiger partial charge in [-0.1, -0.05) is 190 Å². The summed E-state index contributed by atoms with van der Waals surface area (Å²) in [6.45, 7) is 8.58. The molecule has 0 unspecified atom stereocenters. The fourth-order valence-corrected chi connectivity index (χ4v) is 11.2. The van der Waals surface area contributed by atoms with E-state index in [1.54, 1.807) is 24.5 Å². The summed E-state index contributed by atoms with van der Waals surface area (Å²) in [5, 5.41) is 4.17. The molecule has 0 saturated heterocycles. The summed E-state index contributed by atoms with van der Waals surface area (Å²) >= 11 is 0. The van der Waals surface area contributed by atoms with E-state index in [0.717, 1.165) is 88.5 Å². The molecule has 0 amide bonds. The molecule has 0 fully saturated rings. The monoisotopic (exact) mass is 1000 g/mol. The molecule has 0 atom stereocenters. The van der Waals surface area contributed by atoms with Crippen LogP contribution in [0, 0.1) is 6.92 Å². The Labute approximate surface area is 462 Å². The fourth-order valence-electron chi connectivity index (χ4n) is 11.2. The van der Waals surface area contributed by atoms with Gasteiger partial charge in [0, 0.05) is 62.1 Å². The van der Waals surface area contributed by atoms with E-state index in [2.05, 4.69) is 109 Å². The second kappa shape index (κ2) is 18.3. The highest BCUT2D eigenvalue weighted by molar-refractivity contribution is 6.17. The van der Waals surface area contributed by atoms with Gasteiger partial charge in [-0.15, -0.1) is 0 Å². The molecule has 0 bridgehead atoms. The first-order valence-corrected chi connectivity index (χ1v) is 25.6.